The molecule has 8 heteroatoms. The summed E-state index contributed by atoms with van der Waals surface area (Å²) in [6.45, 7) is 1.91. The maximum absolute atomic E-state index is 12.6. The second kappa shape index (κ2) is 9.52. The summed E-state index contributed by atoms with van der Waals surface area (Å²) in [7, 11) is 0. The van der Waals surface area contributed by atoms with E-state index in [1.807, 2.05) is 36.4 Å². The number of fused-ring (bicyclic) bond motifs is 3. The molecule has 1 atom stereocenters. The Kier molecular flexibility index (Phi) is 6.35. The quantitative estimate of drug-likeness (QED) is 0.505. The molecule has 2 amide bonds. The van der Waals surface area contributed by atoms with Gasteiger partial charge in [-0.25, -0.2) is 14.6 Å². The molecule has 1 aliphatic carbocycles. The number of carboxylic acid groups (broad SMARTS) is 1. The highest BCUT2D eigenvalue weighted by atomic mass is 16.5. The van der Waals surface area contributed by atoms with Gasteiger partial charge < -0.3 is 20.5 Å². The number of pyridine rings is 1. The number of aromatic nitrogens is 1. The van der Waals surface area contributed by atoms with E-state index in [0.717, 1.165) is 22.3 Å². The molecule has 0 saturated heterocycles. The van der Waals surface area contributed by atoms with Gasteiger partial charge in [0.05, 0.1) is 11.9 Å². The second-order valence-corrected chi connectivity index (χ2v) is 7.66. The number of carboxylic acids is 1. The number of anilines is 1. The van der Waals surface area contributed by atoms with E-state index in [2.05, 4.69) is 27.8 Å². The van der Waals surface area contributed by atoms with Crippen molar-refractivity contribution < 1.29 is 24.2 Å². The fraction of sp³-hybridized carbons (Fsp3) is 0.200. The smallest absolute Gasteiger partial charge is 0.407 e. The summed E-state index contributed by atoms with van der Waals surface area (Å²) in [5.41, 5.74) is 4.68. The standard InChI is InChI=1S/C25H23N3O5/c1-2-21(23(29)27-15-11-12-22(24(30)31)26-13-15)28-25(32)33-14-20-18-9-5-3-7-16(18)17-8-4-6-10-19(17)20/h3-13,20-21H,2,14H2,1H3,(H,27,29)(H,28,32)(H,30,31)/t21-/m1/s1. The lowest BCUT2D eigenvalue weighted by molar-refractivity contribution is -0.118. The molecule has 0 bridgehead atoms. The molecule has 1 aliphatic rings. The van der Waals surface area contributed by atoms with E-state index in [1.165, 1.54) is 18.3 Å². The Morgan fingerprint density at radius 1 is 1.00 bits per heavy atom. The third-order valence-electron chi connectivity index (χ3n) is 5.61. The van der Waals surface area contributed by atoms with Crippen molar-refractivity contribution in [1.29, 1.82) is 0 Å². The predicted octanol–water partition coefficient (Wildman–Crippen LogP) is 4.04. The summed E-state index contributed by atoms with van der Waals surface area (Å²) in [4.78, 5) is 39.7. The van der Waals surface area contributed by atoms with Crippen LogP contribution in [0.1, 0.15) is 40.9 Å². The molecule has 1 aromatic heterocycles. The van der Waals surface area contributed by atoms with Gasteiger partial charge in [-0.2, -0.15) is 0 Å². The minimum atomic E-state index is -1.16. The monoisotopic (exact) mass is 445 g/mol. The molecule has 0 fully saturated rings. The van der Waals surface area contributed by atoms with E-state index >= 15 is 0 Å². The fourth-order valence-corrected chi connectivity index (χ4v) is 3.96. The molecular weight excluding hydrogens is 422 g/mol. The first-order valence-electron chi connectivity index (χ1n) is 10.6. The number of hydrogen-bond acceptors (Lipinski definition) is 5. The highest BCUT2D eigenvalue weighted by molar-refractivity contribution is 5.96. The summed E-state index contributed by atoms with van der Waals surface area (Å²) in [6.07, 6.45) is 0.913. The molecule has 33 heavy (non-hydrogen) atoms. The van der Waals surface area contributed by atoms with E-state index in [1.54, 1.807) is 6.92 Å². The molecule has 0 saturated carbocycles. The number of carbonyl (C=O) groups is 3. The lowest BCUT2D eigenvalue weighted by Crippen LogP contribution is -2.43. The highest BCUT2D eigenvalue weighted by Crippen LogP contribution is 2.44. The Balaban J connectivity index is 1.37. The number of alkyl carbamates (subject to hydrolysis) is 1. The van der Waals surface area contributed by atoms with E-state index in [4.69, 9.17) is 9.84 Å². The zero-order valence-electron chi connectivity index (χ0n) is 17.9. The molecule has 2 aromatic carbocycles. The van der Waals surface area contributed by atoms with Crippen molar-refractivity contribution in [2.24, 2.45) is 0 Å². The summed E-state index contributed by atoms with van der Waals surface area (Å²) in [6, 6.07) is 18.0. The number of benzene rings is 2. The van der Waals surface area contributed by atoms with Crippen LogP contribution < -0.4 is 10.6 Å². The van der Waals surface area contributed by atoms with Crippen LogP contribution in [0.4, 0.5) is 10.5 Å². The molecule has 0 spiro atoms. The predicted molar refractivity (Wildman–Crippen MR) is 122 cm³/mol. The Labute approximate surface area is 190 Å². The van der Waals surface area contributed by atoms with Gasteiger partial charge in [0.2, 0.25) is 5.91 Å². The molecule has 0 radical (unpaired) electrons. The minimum Gasteiger partial charge on any atom is -0.477 e. The summed E-state index contributed by atoms with van der Waals surface area (Å²) in [5, 5.41) is 14.1. The lowest BCUT2D eigenvalue weighted by Gasteiger charge is -2.18. The van der Waals surface area contributed by atoms with Gasteiger partial charge in [-0.15, -0.1) is 0 Å². The minimum absolute atomic E-state index is 0.0733. The van der Waals surface area contributed by atoms with E-state index in [-0.39, 0.29) is 18.2 Å². The molecule has 8 nitrogen and oxygen atoms in total. The average Bonchev–Trinajstić information content (AvgIpc) is 3.15. The number of hydrogen-bond donors (Lipinski definition) is 3. The normalized spacial score (nSPS) is 12.9. The number of rotatable bonds is 7. The van der Waals surface area contributed by atoms with Crippen LogP contribution in [0.25, 0.3) is 11.1 Å². The van der Waals surface area contributed by atoms with Crippen molar-refractivity contribution in [2.75, 3.05) is 11.9 Å². The van der Waals surface area contributed by atoms with Crippen LogP contribution in [0.2, 0.25) is 0 Å². The number of nitrogens with zero attached hydrogens (tertiary/aromatic N) is 1. The summed E-state index contributed by atoms with van der Waals surface area (Å²) >= 11 is 0. The van der Waals surface area contributed by atoms with Crippen molar-refractivity contribution in [2.45, 2.75) is 25.3 Å². The van der Waals surface area contributed by atoms with E-state index < -0.39 is 24.0 Å². The molecule has 4 rings (SSSR count). The first-order valence-corrected chi connectivity index (χ1v) is 10.6. The van der Waals surface area contributed by atoms with Crippen molar-refractivity contribution >= 4 is 23.7 Å². The van der Waals surface area contributed by atoms with Gasteiger partial charge in [0.1, 0.15) is 18.3 Å². The average molecular weight is 445 g/mol. The number of ether oxygens (including phenoxy) is 1. The van der Waals surface area contributed by atoms with Crippen molar-refractivity contribution in [3.63, 3.8) is 0 Å². The molecule has 0 unspecified atom stereocenters. The van der Waals surface area contributed by atoms with Gasteiger partial charge in [0.15, 0.2) is 0 Å². The van der Waals surface area contributed by atoms with Gasteiger partial charge in [0.25, 0.3) is 0 Å². The van der Waals surface area contributed by atoms with Crippen molar-refractivity contribution in [3.8, 4) is 11.1 Å². The Morgan fingerprint density at radius 2 is 1.64 bits per heavy atom. The Bertz CT molecular complexity index is 1150. The number of aromatic carboxylic acids is 1. The number of nitrogens with one attached hydrogen (secondary N) is 2. The van der Waals surface area contributed by atoms with Crippen molar-refractivity contribution in [1.82, 2.24) is 10.3 Å². The van der Waals surface area contributed by atoms with Crippen LogP contribution in [-0.2, 0) is 9.53 Å². The van der Waals surface area contributed by atoms with Crippen LogP contribution in [-0.4, -0.2) is 40.7 Å². The van der Waals surface area contributed by atoms with E-state index in [9.17, 15) is 14.4 Å². The molecule has 0 aliphatic heterocycles. The topological polar surface area (TPSA) is 118 Å². The van der Waals surface area contributed by atoms with E-state index in [0.29, 0.717) is 12.1 Å². The lowest BCUT2D eigenvalue weighted by atomic mass is 9.98. The fourth-order valence-electron chi connectivity index (χ4n) is 3.96. The first-order chi connectivity index (χ1) is 16.0. The van der Waals surface area contributed by atoms with Gasteiger partial charge in [-0.05, 0) is 40.8 Å². The van der Waals surface area contributed by atoms with Gasteiger partial charge in [0, 0.05) is 5.92 Å². The number of carbonyl (C=O) groups excluding carboxylic acids is 2. The first kappa shape index (κ1) is 22.0. The summed E-state index contributed by atoms with van der Waals surface area (Å²) in [5.74, 6) is -1.68. The maximum atomic E-state index is 12.6. The Morgan fingerprint density at radius 3 is 2.18 bits per heavy atom. The molecule has 168 valence electrons. The van der Waals surface area contributed by atoms with Gasteiger partial charge in [-0.1, -0.05) is 55.5 Å². The largest absolute Gasteiger partial charge is 0.477 e. The van der Waals surface area contributed by atoms with Crippen molar-refractivity contribution in [3.05, 3.63) is 83.7 Å². The Hall–Kier alpha value is -4.20. The van der Waals surface area contributed by atoms with Crippen LogP contribution in [0, 0.1) is 0 Å². The zero-order valence-corrected chi connectivity index (χ0v) is 17.9. The molecule has 3 N–H and O–H groups in total. The molecule has 3 aromatic rings. The summed E-state index contributed by atoms with van der Waals surface area (Å²) < 4.78 is 5.51. The maximum Gasteiger partial charge on any atom is 0.407 e. The van der Waals surface area contributed by atoms with Gasteiger partial charge >= 0.3 is 12.1 Å². The van der Waals surface area contributed by atoms with Crippen LogP contribution in [0.3, 0.4) is 0 Å². The SMILES string of the molecule is CC[C@@H](NC(=O)OCC1c2ccccc2-c2ccccc21)C(=O)Nc1ccc(C(=O)O)nc1. The third-order valence-corrected chi connectivity index (χ3v) is 5.61. The van der Waals surface area contributed by atoms with Crippen LogP contribution in [0.15, 0.2) is 66.9 Å². The van der Waals surface area contributed by atoms with Gasteiger partial charge in [-0.3, -0.25) is 4.79 Å². The zero-order chi connectivity index (χ0) is 23.4. The molecular formula is C25H23N3O5. The third kappa shape index (κ3) is 4.69. The van der Waals surface area contributed by atoms with Crippen LogP contribution >= 0.6 is 0 Å². The highest BCUT2D eigenvalue weighted by Gasteiger charge is 2.29. The second-order valence-electron chi connectivity index (χ2n) is 7.66. The number of amides is 2. The van der Waals surface area contributed by atoms with Crippen LogP contribution in [0.5, 0.6) is 0 Å². The molecule has 1 heterocycles.